The summed E-state index contributed by atoms with van der Waals surface area (Å²) in [5.41, 5.74) is 2.18. The van der Waals surface area contributed by atoms with Gasteiger partial charge in [-0.05, 0) is 11.6 Å². The van der Waals surface area contributed by atoms with Crippen molar-refractivity contribution in [2.24, 2.45) is 7.05 Å². The Kier molecular flexibility index (Phi) is 3.78. The van der Waals surface area contributed by atoms with E-state index in [0.717, 1.165) is 22.3 Å². The molecule has 124 valence electrons. The molecule has 0 radical (unpaired) electrons. The van der Waals surface area contributed by atoms with Crippen LogP contribution in [0.25, 0.3) is 10.9 Å². The van der Waals surface area contributed by atoms with Gasteiger partial charge in [-0.25, -0.2) is 4.98 Å². The summed E-state index contributed by atoms with van der Waals surface area (Å²) in [6.45, 7) is 0. The van der Waals surface area contributed by atoms with Gasteiger partial charge in [-0.2, -0.15) is 5.10 Å². The van der Waals surface area contributed by atoms with Gasteiger partial charge in [0, 0.05) is 24.8 Å². The first-order valence-electron chi connectivity index (χ1n) is 8.00. The van der Waals surface area contributed by atoms with Crippen LogP contribution in [0.1, 0.15) is 27.9 Å². The predicted molar refractivity (Wildman–Crippen MR) is 95.1 cm³/mol. The van der Waals surface area contributed by atoms with E-state index in [1.54, 1.807) is 6.20 Å². The van der Waals surface area contributed by atoms with E-state index in [-0.39, 0.29) is 11.9 Å². The number of carbonyl (C=O) groups is 1. The average molecular weight is 331 g/mol. The third-order valence-corrected chi connectivity index (χ3v) is 4.21. The van der Waals surface area contributed by atoms with Crippen molar-refractivity contribution in [2.45, 2.75) is 6.04 Å². The quantitative estimate of drug-likeness (QED) is 0.604. The summed E-state index contributed by atoms with van der Waals surface area (Å²) in [6, 6.07) is 17.0. The molecule has 0 aliphatic rings. The number of hydrogen-bond acceptors (Lipinski definition) is 3. The van der Waals surface area contributed by atoms with Gasteiger partial charge in [0.1, 0.15) is 11.9 Å². The summed E-state index contributed by atoms with van der Waals surface area (Å²) in [7, 11) is 1.91. The highest BCUT2D eigenvalue weighted by Crippen LogP contribution is 2.22. The van der Waals surface area contributed by atoms with E-state index >= 15 is 0 Å². The van der Waals surface area contributed by atoms with Crippen molar-refractivity contribution in [2.75, 3.05) is 0 Å². The van der Waals surface area contributed by atoms with Crippen molar-refractivity contribution >= 4 is 16.8 Å². The lowest BCUT2D eigenvalue weighted by atomic mass is 10.1. The molecular weight excluding hydrogens is 314 g/mol. The Balaban J connectivity index is 1.72. The van der Waals surface area contributed by atoms with Crippen molar-refractivity contribution in [3.63, 3.8) is 0 Å². The minimum atomic E-state index is -0.357. The Hall–Kier alpha value is -3.41. The maximum atomic E-state index is 12.9. The minimum absolute atomic E-state index is 0.241. The molecule has 0 unspecified atom stereocenters. The number of amides is 1. The van der Waals surface area contributed by atoms with Crippen molar-refractivity contribution < 1.29 is 4.79 Å². The second-order valence-corrected chi connectivity index (χ2v) is 5.83. The Labute approximate surface area is 144 Å². The number of aryl methyl sites for hydroxylation is 1. The van der Waals surface area contributed by atoms with Gasteiger partial charge in [0.05, 0.1) is 5.52 Å². The van der Waals surface area contributed by atoms with Crippen LogP contribution >= 0.6 is 0 Å². The van der Waals surface area contributed by atoms with Crippen LogP contribution in [0.3, 0.4) is 0 Å². The molecule has 6 heteroatoms. The lowest BCUT2D eigenvalue weighted by Gasteiger charge is -2.18. The molecule has 1 atom stereocenters. The maximum absolute atomic E-state index is 12.9. The van der Waals surface area contributed by atoms with Gasteiger partial charge >= 0.3 is 0 Å². The first kappa shape index (κ1) is 15.1. The SMILES string of the molecule is Cn1ccnc1[C@H](NC(=O)c1n[nH]c2ccccc12)c1ccccc1. The molecule has 0 bridgehead atoms. The van der Waals surface area contributed by atoms with Crippen LogP contribution in [0.15, 0.2) is 67.0 Å². The minimum Gasteiger partial charge on any atom is -0.337 e. The van der Waals surface area contributed by atoms with E-state index in [9.17, 15) is 4.79 Å². The number of nitrogens with one attached hydrogen (secondary N) is 2. The molecule has 4 aromatic rings. The van der Waals surface area contributed by atoms with Crippen LogP contribution in [0.5, 0.6) is 0 Å². The van der Waals surface area contributed by atoms with Gasteiger partial charge in [-0.3, -0.25) is 9.89 Å². The highest BCUT2D eigenvalue weighted by Gasteiger charge is 2.23. The molecule has 1 amide bonds. The monoisotopic (exact) mass is 331 g/mol. The number of H-pyrrole nitrogens is 1. The summed E-state index contributed by atoms with van der Waals surface area (Å²) < 4.78 is 1.90. The first-order chi connectivity index (χ1) is 12.2. The number of rotatable bonds is 4. The normalized spacial score (nSPS) is 12.2. The molecule has 2 aromatic carbocycles. The van der Waals surface area contributed by atoms with Gasteiger partial charge in [0.25, 0.3) is 5.91 Å². The fraction of sp³-hybridized carbons (Fsp3) is 0.105. The summed E-state index contributed by atoms with van der Waals surface area (Å²) >= 11 is 0. The summed E-state index contributed by atoms with van der Waals surface area (Å²) in [5, 5.41) is 10.9. The van der Waals surface area contributed by atoms with Crippen LogP contribution in [-0.4, -0.2) is 25.7 Å². The number of hydrogen-bond donors (Lipinski definition) is 2. The molecular formula is C19H17N5O. The van der Waals surface area contributed by atoms with E-state index in [1.165, 1.54) is 0 Å². The highest BCUT2D eigenvalue weighted by atomic mass is 16.2. The zero-order valence-corrected chi connectivity index (χ0v) is 13.7. The molecule has 2 aromatic heterocycles. The molecule has 6 nitrogen and oxygen atoms in total. The lowest BCUT2D eigenvalue weighted by molar-refractivity contribution is 0.0937. The molecule has 2 N–H and O–H groups in total. The Morgan fingerprint density at radius 2 is 1.88 bits per heavy atom. The molecule has 0 aliphatic carbocycles. The molecule has 0 saturated heterocycles. The number of imidazole rings is 1. The number of aromatic amines is 1. The van der Waals surface area contributed by atoms with Crippen molar-refractivity contribution in [1.29, 1.82) is 0 Å². The average Bonchev–Trinajstić information content (AvgIpc) is 3.26. The second kappa shape index (κ2) is 6.24. The van der Waals surface area contributed by atoms with Crippen LogP contribution in [0.2, 0.25) is 0 Å². The van der Waals surface area contributed by atoms with Crippen LogP contribution in [0.4, 0.5) is 0 Å². The van der Waals surface area contributed by atoms with Crippen molar-refractivity contribution in [3.05, 3.63) is 84.1 Å². The van der Waals surface area contributed by atoms with Gasteiger partial charge in [-0.1, -0.05) is 48.5 Å². The number of benzene rings is 2. The van der Waals surface area contributed by atoms with Gasteiger partial charge in [0.2, 0.25) is 0 Å². The standard InChI is InChI=1S/C19H17N5O/c1-24-12-11-20-18(24)16(13-7-3-2-4-8-13)21-19(25)17-14-9-5-6-10-15(14)22-23-17/h2-12,16H,1H3,(H,21,25)(H,22,23)/t16-/m1/s1. The summed E-state index contributed by atoms with van der Waals surface area (Å²) in [4.78, 5) is 17.3. The smallest absolute Gasteiger partial charge is 0.273 e. The molecule has 2 heterocycles. The van der Waals surface area contributed by atoms with E-state index in [2.05, 4.69) is 20.5 Å². The number of aromatic nitrogens is 4. The molecule has 0 aliphatic heterocycles. The third-order valence-electron chi connectivity index (χ3n) is 4.21. The van der Waals surface area contributed by atoms with E-state index < -0.39 is 0 Å². The topological polar surface area (TPSA) is 75.6 Å². The maximum Gasteiger partial charge on any atom is 0.273 e. The first-order valence-corrected chi connectivity index (χ1v) is 8.00. The van der Waals surface area contributed by atoms with Gasteiger partial charge < -0.3 is 9.88 Å². The number of carbonyl (C=O) groups excluding carboxylic acids is 1. The van der Waals surface area contributed by atoms with Crippen LogP contribution < -0.4 is 5.32 Å². The van der Waals surface area contributed by atoms with E-state index in [0.29, 0.717) is 5.69 Å². The number of para-hydroxylation sites is 1. The Morgan fingerprint density at radius 1 is 1.12 bits per heavy atom. The van der Waals surface area contributed by atoms with Crippen LogP contribution in [-0.2, 0) is 7.05 Å². The molecule has 4 rings (SSSR count). The fourth-order valence-corrected chi connectivity index (χ4v) is 2.93. The molecule has 0 fully saturated rings. The predicted octanol–water partition coefficient (Wildman–Crippen LogP) is 2.82. The van der Waals surface area contributed by atoms with E-state index in [1.807, 2.05) is 72.4 Å². The molecule has 25 heavy (non-hydrogen) atoms. The van der Waals surface area contributed by atoms with Crippen molar-refractivity contribution in [3.8, 4) is 0 Å². The van der Waals surface area contributed by atoms with Gasteiger partial charge in [-0.15, -0.1) is 0 Å². The Morgan fingerprint density at radius 3 is 2.64 bits per heavy atom. The zero-order valence-electron chi connectivity index (χ0n) is 13.7. The second-order valence-electron chi connectivity index (χ2n) is 5.83. The highest BCUT2D eigenvalue weighted by molar-refractivity contribution is 6.04. The zero-order chi connectivity index (χ0) is 17.2. The summed E-state index contributed by atoms with van der Waals surface area (Å²) in [6.07, 6.45) is 3.59. The van der Waals surface area contributed by atoms with Crippen molar-refractivity contribution in [1.82, 2.24) is 25.1 Å². The third kappa shape index (κ3) is 2.78. The van der Waals surface area contributed by atoms with Gasteiger partial charge in [0.15, 0.2) is 5.69 Å². The number of nitrogens with zero attached hydrogens (tertiary/aromatic N) is 3. The fourth-order valence-electron chi connectivity index (χ4n) is 2.93. The molecule has 0 spiro atoms. The Bertz CT molecular complexity index is 1020. The van der Waals surface area contributed by atoms with E-state index in [4.69, 9.17) is 0 Å². The van der Waals surface area contributed by atoms with Crippen LogP contribution in [0, 0.1) is 0 Å². The molecule has 0 saturated carbocycles. The lowest BCUT2D eigenvalue weighted by Crippen LogP contribution is -2.31. The largest absolute Gasteiger partial charge is 0.337 e. The summed E-state index contributed by atoms with van der Waals surface area (Å²) in [5.74, 6) is 0.522. The number of fused-ring (bicyclic) bond motifs is 1.